The molecule has 0 heterocycles. The molecule has 0 radical (unpaired) electrons. The van der Waals surface area contributed by atoms with Gasteiger partial charge in [-0.25, -0.2) is 8.78 Å². The Kier molecular flexibility index (Phi) is 3.39. The van der Waals surface area contributed by atoms with E-state index in [-0.39, 0.29) is 21.9 Å². The summed E-state index contributed by atoms with van der Waals surface area (Å²) in [5.74, 6) is -1.33. The summed E-state index contributed by atoms with van der Waals surface area (Å²) in [7, 11) is 0. The molecule has 0 saturated heterocycles. The van der Waals surface area contributed by atoms with Gasteiger partial charge in [0.1, 0.15) is 11.6 Å². The monoisotopic (exact) mass is 232 g/mol. The minimum absolute atomic E-state index is 0.0925. The third-order valence-corrected chi connectivity index (χ3v) is 2.99. The molecule has 0 N–H and O–H groups in total. The predicted molar refractivity (Wildman–Crippen MR) is 59.2 cm³/mol. The standard InChI is InChI=1S/C12H15ClF2/c1-7(12(2,3)4)11-9(14)5-8(13)6-10(11)15/h5-7H,1-4H3. The molecule has 0 aliphatic rings. The van der Waals surface area contributed by atoms with Crippen molar-refractivity contribution in [3.05, 3.63) is 34.4 Å². The van der Waals surface area contributed by atoms with Gasteiger partial charge in [-0.3, -0.25) is 0 Å². The fourth-order valence-corrected chi connectivity index (χ4v) is 1.59. The van der Waals surface area contributed by atoms with E-state index in [0.29, 0.717) is 0 Å². The summed E-state index contributed by atoms with van der Waals surface area (Å²) >= 11 is 5.56. The first kappa shape index (κ1) is 12.4. The first-order valence-corrected chi connectivity index (χ1v) is 5.25. The summed E-state index contributed by atoms with van der Waals surface area (Å²) in [6.07, 6.45) is 0. The van der Waals surface area contributed by atoms with E-state index in [1.54, 1.807) is 0 Å². The lowest BCUT2D eigenvalue weighted by Crippen LogP contribution is -2.18. The highest BCUT2D eigenvalue weighted by molar-refractivity contribution is 6.30. The maximum absolute atomic E-state index is 13.6. The van der Waals surface area contributed by atoms with E-state index in [4.69, 9.17) is 11.6 Å². The Morgan fingerprint density at radius 2 is 1.53 bits per heavy atom. The summed E-state index contributed by atoms with van der Waals surface area (Å²) in [6.45, 7) is 7.66. The lowest BCUT2D eigenvalue weighted by atomic mass is 9.77. The molecule has 0 fully saturated rings. The van der Waals surface area contributed by atoms with Crippen LogP contribution in [0.2, 0.25) is 5.02 Å². The minimum atomic E-state index is -0.567. The van der Waals surface area contributed by atoms with Crippen molar-refractivity contribution in [3.63, 3.8) is 0 Å². The van der Waals surface area contributed by atoms with E-state index in [9.17, 15) is 8.78 Å². The van der Waals surface area contributed by atoms with Crippen LogP contribution in [0.25, 0.3) is 0 Å². The Morgan fingerprint density at radius 3 is 1.87 bits per heavy atom. The third-order valence-electron chi connectivity index (χ3n) is 2.78. The van der Waals surface area contributed by atoms with Crippen LogP contribution in [0.4, 0.5) is 8.78 Å². The van der Waals surface area contributed by atoms with Crippen molar-refractivity contribution in [1.82, 2.24) is 0 Å². The zero-order chi connectivity index (χ0) is 11.8. The largest absolute Gasteiger partial charge is 0.207 e. The number of rotatable bonds is 1. The predicted octanol–water partition coefficient (Wildman–Crippen LogP) is 4.77. The molecule has 1 aromatic rings. The normalized spacial score (nSPS) is 14.1. The first-order chi connectivity index (χ1) is 6.73. The zero-order valence-corrected chi connectivity index (χ0v) is 10.1. The van der Waals surface area contributed by atoms with Crippen molar-refractivity contribution >= 4 is 11.6 Å². The highest BCUT2D eigenvalue weighted by atomic mass is 35.5. The molecule has 0 aromatic heterocycles. The molecule has 1 atom stereocenters. The molecule has 0 nitrogen and oxygen atoms in total. The maximum Gasteiger partial charge on any atom is 0.131 e. The van der Waals surface area contributed by atoms with Crippen LogP contribution >= 0.6 is 11.6 Å². The van der Waals surface area contributed by atoms with Gasteiger partial charge in [0.05, 0.1) is 0 Å². The molecule has 84 valence electrons. The van der Waals surface area contributed by atoms with Crippen LogP contribution < -0.4 is 0 Å². The maximum atomic E-state index is 13.6. The van der Waals surface area contributed by atoms with Crippen molar-refractivity contribution in [2.24, 2.45) is 5.41 Å². The van der Waals surface area contributed by atoms with Crippen LogP contribution in [-0.4, -0.2) is 0 Å². The van der Waals surface area contributed by atoms with E-state index in [1.165, 1.54) is 0 Å². The topological polar surface area (TPSA) is 0 Å². The van der Waals surface area contributed by atoms with E-state index >= 15 is 0 Å². The average molecular weight is 233 g/mol. The molecule has 1 rings (SSSR count). The first-order valence-electron chi connectivity index (χ1n) is 4.88. The Labute approximate surface area is 94.3 Å². The highest BCUT2D eigenvalue weighted by Gasteiger charge is 2.27. The highest BCUT2D eigenvalue weighted by Crippen LogP contribution is 2.37. The van der Waals surface area contributed by atoms with Crippen LogP contribution in [0.3, 0.4) is 0 Å². The van der Waals surface area contributed by atoms with E-state index in [2.05, 4.69) is 0 Å². The van der Waals surface area contributed by atoms with E-state index < -0.39 is 11.6 Å². The molecule has 15 heavy (non-hydrogen) atoms. The van der Waals surface area contributed by atoms with Gasteiger partial charge in [0, 0.05) is 10.6 Å². The summed E-state index contributed by atoms with van der Waals surface area (Å²) in [5, 5.41) is 0.0925. The molecular weight excluding hydrogens is 218 g/mol. The van der Waals surface area contributed by atoms with Crippen LogP contribution in [0, 0.1) is 17.0 Å². The SMILES string of the molecule is CC(c1c(F)cc(Cl)cc1F)C(C)(C)C. The molecule has 3 heteroatoms. The van der Waals surface area contributed by atoms with Gasteiger partial charge in [-0.05, 0) is 23.5 Å². The Balaban J connectivity index is 3.26. The fraction of sp³-hybridized carbons (Fsp3) is 0.500. The van der Waals surface area contributed by atoms with Gasteiger partial charge in [-0.15, -0.1) is 0 Å². The van der Waals surface area contributed by atoms with Crippen molar-refractivity contribution in [2.45, 2.75) is 33.6 Å². The van der Waals surface area contributed by atoms with E-state index in [1.807, 2.05) is 27.7 Å². The van der Waals surface area contributed by atoms with Crippen LogP contribution in [0.15, 0.2) is 12.1 Å². The number of hydrogen-bond acceptors (Lipinski definition) is 0. The van der Waals surface area contributed by atoms with Gasteiger partial charge < -0.3 is 0 Å². The Morgan fingerprint density at radius 1 is 1.13 bits per heavy atom. The van der Waals surface area contributed by atoms with Gasteiger partial charge in [0.15, 0.2) is 0 Å². The van der Waals surface area contributed by atoms with Gasteiger partial charge >= 0.3 is 0 Å². The second-order valence-electron chi connectivity index (χ2n) is 4.87. The Hall–Kier alpha value is -0.630. The molecule has 1 aromatic carbocycles. The Bertz CT molecular complexity index is 343. The molecule has 0 aliphatic heterocycles. The number of hydrogen-bond donors (Lipinski definition) is 0. The third kappa shape index (κ3) is 2.69. The lowest BCUT2D eigenvalue weighted by molar-refractivity contribution is 0.322. The quantitative estimate of drug-likeness (QED) is 0.655. The number of benzene rings is 1. The molecule has 0 amide bonds. The van der Waals surface area contributed by atoms with Crippen molar-refractivity contribution < 1.29 is 8.78 Å². The van der Waals surface area contributed by atoms with Crippen LogP contribution in [0.5, 0.6) is 0 Å². The summed E-state index contributed by atoms with van der Waals surface area (Å²) in [6, 6.07) is 2.31. The molecule has 0 aliphatic carbocycles. The minimum Gasteiger partial charge on any atom is -0.207 e. The van der Waals surface area contributed by atoms with Gasteiger partial charge in [-0.2, -0.15) is 0 Å². The summed E-state index contributed by atoms with van der Waals surface area (Å²) < 4.78 is 27.1. The van der Waals surface area contributed by atoms with Crippen molar-refractivity contribution in [2.75, 3.05) is 0 Å². The lowest BCUT2D eigenvalue weighted by Gasteiger charge is -2.28. The molecule has 0 bridgehead atoms. The number of halogens is 3. The van der Waals surface area contributed by atoms with Crippen LogP contribution in [0.1, 0.15) is 39.2 Å². The second kappa shape index (κ2) is 4.09. The summed E-state index contributed by atoms with van der Waals surface area (Å²) in [4.78, 5) is 0. The molecule has 0 saturated carbocycles. The second-order valence-corrected chi connectivity index (χ2v) is 5.31. The molecule has 0 spiro atoms. The summed E-state index contributed by atoms with van der Waals surface area (Å²) in [5.41, 5.74) is -0.0675. The van der Waals surface area contributed by atoms with Gasteiger partial charge in [0.2, 0.25) is 0 Å². The fourth-order valence-electron chi connectivity index (χ4n) is 1.40. The molecule has 1 unspecified atom stereocenters. The molecular formula is C12H15ClF2. The smallest absolute Gasteiger partial charge is 0.131 e. The van der Waals surface area contributed by atoms with Gasteiger partial charge in [0.25, 0.3) is 0 Å². The van der Waals surface area contributed by atoms with Gasteiger partial charge in [-0.1, -0.05) is 39.3 Å². The van der Waals surface area contributed by atoms with Crippen LogP contribution in [-0.2, 0) is 0 Å². The average Bonchev–Trinajstić information content (AvgIpc) is 1.99. The van der Waals surface area contributed by atoms with Crippen molar-refractivity contribution in [1.29, 1.82) is 0 Å². The zero-order valence-electron chi connectivity index (χ0n) is 9.37. The van der Waals surface area contributed by atoms with E-state index in [0.717, 1.165) is 12.1 Å². The van der Waals surface area contributed by atoms with Crippen molar-refractivity contribution in [3.8, 4) is 0 Å².